The topological polar surface area (TPSA) is 117 Å². The van der Waals surface area contributed by atoms with Gasteiger partial charge in [-0.1, -0.05) is 0 Å². The number of hydrogen-bond acceptors (Lipinski definition) is 6. The average Bonchev–Trinajstić information content (AvgIpc) is 3.36. The summed E-state index contributed by atoms with van der Waals surface area (Å²) in [4.78, 5) is 11.1. The van der Waals surface area contributed by atoms with Crippen LogP contribution in [-0.4, -0.2) is 47.5 Å². The van der Waals surface area contributed by atoms with E-state index in [-0.39, 0.29) is 35.9 Å². The lowest BCUT2D eigenvalue weighted by molar-refractivity contribution is -0.149. The zero-order chi connectivity index (χ0) is 27.5. The Morgan fingerprint density at radius 1 is 0.811 bits per heavy atom. The van der Waals surface area contributed by atoms with Gasteiger partial charge in [-0.3, -0.25) is 4.79 Å². The Kier molecular flexibility index (Phi) is 8.85. The molecule has 0 aliphatic heterocycles. The number of aryl methyl sites for hydroxylation is 2. The molecule has 0 spiro atoms. The molecule has 37 heavy (non-hydrogen) atoms. The van der Waals surface area contributed by atoms with Crippen LogP contribution in [0.1, 0.15) is 93.7 Å². The standard InChI is InChI=1S/C12H17F3N4O.C10H15F3N4/c1-7-17-18-11(12(13,14)15)19(7)10-5-3-4-9(6-10)16-8(2)20;1-6-15-16-9(10(11,12)13)17(6)8-4-2-3-7(14)5-8/h9-10H,3-6H2,1-2H3,(H,16,20);7-8H,2-5,14H2,1H3/t9-,10+;7-,8+/m00/s1. The number of aromatic nitrogens is 6. The van der Waals surface area contributed by atoms with Gasteiger partial charge in [0.2, 0.25) is 17.6 Å². The van der Waals surface area contributed by atoms with Crippen LogP contribution in [0, 0.1) is 13.8 Å². The maximum Gasteiger partial charge on any atom is 0.451 e. The van der Waals surface area contributed by atoms with Gasteiger partial charge in [0.05, 0.1) is 0 Å². The fourth-order valence-corrected chi connectivity index (χ4v) is 5.25. The van der Waals surface area contributed by atoms with Gasteiger partial charge in [-0.2, -0.15) is 26.3 Å². The number of hydrogen-bond donors (Lipinski definition) is 2. The zero-order valence-corrected chi connectivity index (χ0v) is 20.9. The van der Waals surface area contributed by atoms with E-state index >= 15 is 0 Å². The molecule has 9 nitrogen and oxygen atoms in total. The van der Waals surface area contributed by atoms with Crippen molar-refractivity contribution in [1.82, 2.24) is 34.8 Å². The third-order valence-corrected chi connectivity index (χ3v) is 6.71. The predicted molar refractivity (Wildman–Crippen MR) is 120 cm³/mol. The van der Waals surface area contributed by atoms with Crippen molar-refractivity contribution in [2.24, 2.45) is 5.73 Å². The Hall–Kier alpha value is -2.71. The molecular formula is C22H32F6N8O. The second-order valence-electron chi connectivity index (χ2n) is 9.68. The number of alkyl halides is 6. The third kappa shape index (κ3) is 7.20. The Bertz CT molecular complexity index is 1060. The van der Waals surface area contributed by atoms with E-state index in [2.05, 4.69) is 25.7 Å². The first-order valence-electron chi connectivity index (χ1n) is 12.2. The molecule has 2 aliphatic carbocycles. The van der Waals surface area contributed by atoms with Crippen molar-refractivity contribution in [1.29, 1.82) is 0 Å². The quantitative estimate of drug-likeness (QED) is 0.564. The first-order valence-corrected chi connectivity index (χ1v) is 12.2. The van der Waals surface area contributed by atoms with Gasteiger partial charge in [-0.05, 0) is 65.2 Å². The number of nitrogens with two attached hydrogens (primary N) is 1. The van der Waals surface area contributed by atoms with Crippen LogP contribution in [0.15, 0.2) is 0 Å². The fraction of sp³-hybridized carbons (Fsp3) is 0.773. The fourth-order valence-electron chi connectivity index (χ4n) is 5.25. The SMILES string of the molecule is CC(=O)N[C@H]1CCC[C@@H](n2c(C)nnc2C(F)(F)F)C1.Cc1nnc(C(F)(F)F)n1[C@@H]1CCC[C@H](N)C1. The molecule has 4 atom stereocenters. The maximum absolute atomic E-state index is 12.9. The number of nitrogens with one attached hydrogen (secondary N) is 1. The smallest absolute Gasteiger partial charge is 0.354 e. The molecule has 0 radical (unpaired) electrons. The molecule has 2 aromatic heterocycles. The van der Waals surface area contributed by atoms with E-state index in [0.717, 1.165) is 30.3 Å². The van der Waals surface area contributed by atoms with Gasteiger partial charge in [0.15, 0.2) is 0 Å². The van der Waals surface area contributed by atoms with Crippen LogP contribution in [0.25, 0.3) is 0 Å². The Morgan fingerprint density at radius 2 is 1.27 bits per heavy atom. The summed E-state index contributed by atoms with van der Waals surface area (Å²) < 4.78 is 79.4. The van der Waals surface area contributed by atoms with E-state index in [1.54, 1.807) is 6.92 Å². The largest absolute Gasteiger partial charge is 0.451 e. The number of amides is 1. The first-order chi connectivity index (χ1) is 17.2. The summed E-state index contributed by atoms with van der Waals surface area (Å²) in [5.74, 6) is -1.47. The van der Waals surface area contributed by atoms with Gasteiger partial charge in [-0.15, -0.1) is 20.4 Å². The number of carbonyl (C=O) groups excluding carboxylic acids is 1. The summed E-state index contributed by atoms with van der Waals surface area (Å²) in [6, 6.07) is -0.677. The maximum atomic E-state index is 12.9. The van der Waals surface area contributed by atoms with Crippen LogP contribution in [-0.2, 0) is 17.1 Å². The van der Waals surface area contributed by atoms with Crippen LogP contribution < -0.4 is 11.1 Å². The molecule has 0 aromatic carbocycles. The molecule has 2 aromatic rings. The number of rotatable bonds is 3. The highest BCUT2D eigenvalue weighted by Gasteiger charge is 2.41. The lowest BCUT2D eigenvalue weighted by atomic mass is 9.90. The van der Waals surface area contributed by atoms with Gasteiger partial charge >= 0.3 is 12.4 Å². The minimum atomic E-state index is -4.51. The number of nitrogens with zero attached hydrogens (tertiary/aromatic N) is 6. The molecule has 0 bridgehead atoms. The molecule has 0 saturated heterocycles. The third-order valence-electron chi connectivity index (χ3n) is 6.71. The van der Waals surface area contributed by atoms with E-state index < -0.39 is 24.0 Å². The second kappa shape index (κ2) is 11.4. The number of halogens is 6. The van der Waals surface area contributed by atoms with Crippen molar-refractivity contribution >= 4 is 5.91 Å². The van der Waals surface area contributed by atoms with E-state index in [0.29, 0.717) is 31.5 Å². The van der Waals surface area contributed by atoms with Crippen LogP contribution in [0.3, 0.4) is 0 Å². The minimum Gasteiger partial charge on any atom is -0.354 e. The summed E-state index contributed by atoms with van der Waals surface area (Å²) in [7, 11) is 0. The van der Waals surface area contributed by atoms with Crippen LogP contribution >= 0.6 is 0 Å². The summed E-state index contributed by atoms with van der Waals surface area (Å²) >= 11 is 0. The molecule has 0 unspecified atom stereocenters. The molecule has 2 fully saturated rings. The van der Waals surface area contributed by atoms with Gasteiger partial charge < -0.3 is 20.2 Å². The van der Waals surface area contributed by atoms with Crippen molar-refractivity contribution in [3.05, 3.63) is 23.3 Å². The lowest BCUT2D eigenvalue weighted by Gasteiger charge is -2.31. The highest BCUT2D eigenvalue weighted by Crippen LogP contribution is 2.36. The molecule has 2 saturated carbocycles. The molecule has 208 valence electrons. The van der Waals surface area contributed by atoms with Gasteiger partial charge in [-0.25, -0.2) is 0 Å². The van der Waals surface area contributed by atoms with Crippen molar-refractivity contribution < 1.29 is 31.1 Å². The molecule has 2 aliphatic rings. The van der Waals surface area contributed by atoms with Gasteiger partial charge in [0.25, 0.3) is 0 Å². The van der Waals surface area contributed by atoms with E-state index in [1.807, 2.05) is 0 Å². The van der Waals surface area contributed by atoms with Crippen LogP contribution in [0.4, 0.5) is 26.3 Å². The number of carbonyl (C=O) groups is 1. The van der Waals surface area contributed by atoms with Crippen LogP contribution in [0.2, 0.25) is 0 Å². The molecule has 4 rings (SSSR count). The molecule has 1 amide bonds. The lowest BCUT2D eigenvalue weighted by Crippen LogP contribution is -2.38. The summed E-state index contributed by atoms with van der Waals surface area (Å²) in [5, 5.41) is 16.3. The highest BCUT2D eigenvalue weighted by molar-refractivity contribution is 5.73. The molecule has 3 N–H and O–H groups in total. The summed E-state index contributed by atoms with van der Waals surface area (Å²) in [6.07, 6.45) is -3.31. The second-order valence-corrected chi connectivity index (χ2v) is 9.68. The molecule has 15 heteroatoms. The molecular weight excluding hydrogens is 506 g/mol. The average molecular weight is 539 g/mol. The zero-order valence-electron chi connectivity index (χ0n) is 20.9. The van der Waals surface area contributed by atoms with Crippen LogP contribution in [0.5, 0.6) is 0 Å². The monoisotopic (exact) mass is 538 g/mol. The Balaban J connectivity index is 0.000000208. The van der Waals surface area contributed by atoms with E-state index in [4.69, 9.17) is 5.73 Å². The van der Waals surface area contributed by atoms with Crippen molar-refractivity contribution in [3.63, 3.8) is 0 Å². The molecule has 2 heterocycles. The van der Waals surface area contributed by atoms with E-state index in [1.165, 1.54) is 18.4 Å². The Morgan fingerprint density at radius 3 is 1.70 bits per heavy atom. The normalized spacial score (nSPS) is 24.8. The van der Waals surface area contributed by atoms with E-state index in [9.17, 15) is 31.1 Å². The van der Waals surface area contributed by atoms with Crippen molar-refractivity contribution in [2.45, 2.75) is 109 Å². The minimum absolute atomic E-state index is 0.0309. The first kappa shape index (κ1) is 28.9. The highest BCUT2D eigenvalue weighted by atomic mass is 19.4. The summed E-state index contributed by atoms with van der Waals surface area (Å²) in [6.45, 7) is 4.47. The van der Waals surface area contributed by atoms with Gasteiger partial charge in [0, 0.05) is 31.1 Å². The Labute approximate surface area is 210 Å². The predicted octanol–water partition coefficient (Wildman–Crippen LogP) is 4.27. The van der Waals surface area contributed by atoms with Crippen molar-refractivity contribution in [3.8, 4) is 0 Å². The van der Waals surface area contributed by atoms with Crippen molar-refractivity contribution in [2.75, 3.05) is 0 Å². The van der Waals surface area contributed by atoms with Gasteiger partial charge in [0.1, 0.15) is 11.6 Å². The summed E-state index contributed by atoms with van der Waals surface area (Å²) in [5.41, 5.74) is 5.81.